The molecule has 0 radical (unpaired) electrons. The van der Waals surface area contributed by atoms with Crippen LogP contribution >= 0.6 is 25.8 Å². The number of fused-ring (bicyclic) bond motifs is 5. The summed E-state index contributed by atoms with van der Waals surface area (Å²) in [5.74, 6) is 3.45. The Bertz CT molecular complexity index is 888. The predicted octanol–water partition coefficient (Wildman–Crippen LogP) is 8.99. The molecule has 244 valence electrons. The molecule has 3 saturated carbocycles. The van der Waals surface area contributed by atoms with Gasteiger partial charge in [-0.25, -0.2) is 0 Å². The number of carbonyl (C=O) groups is 1. The van der Waals surface area contributed by atoms with Crippen LogP contribution in [0.15, 0.2) is 11.6 Å². The number of allylic oxidation sites excluding steroid dienone is 1. The molecular formula is C35H63NO4S2. The van der Waals surface area contributed by atoms with Crippen molar-refractivity contribution in [2.75, 3.05) is 20.7 Å². The summed E-state index contributed by atoms with van der Waals surface area (Å²) >= 11 is 8.32. The lowest BCUT2D eigenvalue weighted by atomic mass is 9.47. The number of thiol groups is 2. The number of rotatable bonds is 12. The molecule has 0 heterocycles. The molecule has 4 aliphatic rings. The lowest BCUT2D eigenvalue weighted by molar-refractivity contribution is -0.158. The Labute approximate surface area is 269 Å². The second kappa shape index (κ2) is 15.9. The second-order valence-electron chi connectivity index (χ2n) is 14.9. The van der Waals surface area contributed by atoms with E-state index >= 15 is 0 Å². The van der Waals surface area contributed by atoms with Gasteiger partial charge < -0.3 is 13.1 Å². The average Bonchev–Trinajstić information content (AvgIpc) is 3.23. The summed E-state index contributed by atoms with van der Waals surface area (Å²) in [7, 11) is 3.95. The molecule has 42 heavy (non-hydrogen) atoms. The van der Waals surface area contributed by atoms with Crippen LogP contribution in [-0.4, -0.2) is 49.8 Å². The molecular weight excluding hydrogens is 563 g/mol. The summed E-state index contributed by atoms with van der Waals surface area (Å²) < 4.78 is 17.1. The standard InChI is InChI=1S/C33H57NO4S2.C2H6/c1-21(2)30(34(6)7)31(35)37-24-14-16-32(4)23(18-24)12-13-25-26(32)15-17-33(5)27(29(38-40)19-28(25)33)11-9-8-10-22(3)20-36-39;1-2/h12,21-22,24-30,39-40H,8-11,13-20H2,1-7H3;1-2H3. The number of hydrogen-bond donors (Lipinski definition) is 2. The topological polar surface area (TPSA) is 48.0 Å². The Balaban J connectivity index is 0.00000237. The predicted molar refractivity (Wildman–Crippen MR) is 181 cm³/mol. The highest BCUT2D eigenvalue weighted by molar-refractivity contribution is 7.75. The highest BCUT2D eigenvalue weighted by Gasteiger charge is 2.61. The van der Waals surface area contributed by atoms with Crippen LogP contribution in [0.2, 0.25) is 0 Å². The van der Waals surface area contributed by atoms with Crippen molar-refractivity contribution in [2.24, 2.45) is 46.3 Å². The molecule has 0 aromatic heterocycles. The van der Waals surface area contributed by atoms with Gasteiger partial charge in [-0.15, -0.1) is 0 Å². The first-order chi connectivity index (χ1) is 20.0. The zero-order valence-corrected chi connectivity index (χ0v) is 30.0. The van der Waals surface area contributed by atoms with Gasteiger partial charge in [0.1, 0.15) is 12.1 Å². The minimum Gasteiger partial charge on any atom is -0.461 e. The average molecular weight is 626 g/mol. The van der Waals surface area contributed by atoms with Gasteiger partial charge in [0.05, 0.1) is 12.7 Å². The smallest absolute Gasteiger partial charge is 0.323 e. The molecule has 0 spiro atoms. The van der Waals surface area contributed by atoms with Crippen LogP contribution in [0.5, 0.6) is 0 Å². The molecule has 5 nitrogen and oxygen atoms in total. The van der Waals surface area contributed by atoms with E-state index in [9.17, 15) is 4.79 Å². The SMILES string of the molecule is CC.CC(CCCCC1C(OS)CC2C3CC=C4CC(OC(=O)C(C(C)C)N(C)C)CCC4(C)C3CCC12C)COS. The Kier molecular flexibility index (Phi) is 13.7. The van der Waals surface area contributed by atoms with Crippen molar-refractivity contribution in [3.05, 3.63) is 11.6 Å². The van der Waals surface area contributed by atoms with Gasteiger partial charge in [-0.2, -0.15) is 0 Å². The third-order valence-corrected chi connectivity index (χ3v) is 12.4. The van der Waals surface area contributed by atoms with Crippen LogP contribution in [0.4, 0.5) is 0 Å². The number of likely N-dealkylation sites (N-methyl/N-ethyl adjacent to an activating group) is 1. The fourth-order valence-corrected chi connectivity index (χ4v) is 10.3. The number of nitrogens with zero attached hydrogens (tertiary/aromatic N) is 1. The molecule has 4 aliphatic carbocycles. The van der Waals surface area contributed by atoms with E-state index in [2.05, 4.69) is 66.5 Å². The summed E-state index contributed by atoms with van der Waals surface area (Å²) in [5, 5.41) is 0. The van der Waals surface area contributed by atoms with Gasteiger partial charge in [0.15, 0.2) is 0 Å². The Morgan fingerprint density at radius 3 is 2.40 bits per heavy atom. The molecule has 0 aliphatic heterocycles. The van der Waals surface area contributed by atoms with Gasteiger partial charge in [-0.05, 0) is 138 Å². The number of esters is 1. The van der Waals surface area contributed by atoms with Gasteiger partial charge in [0.25, 0.3) is 0 Å². The largest absolute Gasteiger partial charge is 0.461 e. The summed E-state index contributed by atoms with van der Waals surface area (Å²) in [5.41, 5.74) is 2.12. The molecule has 0 saturated heterocycles. The first-order valence-corrected chi connectivity index (χ1v) is 17.8. The molecule has 10 atom stereocenters. The van der Waals surface area contributed by atoms with Crippen molar-refractivity contribution >= 4 is 31.8 Å². The van der Waals surface area contributed by atoms with E-state index < -0.39 is 0 Å². The van der Waals surface area contributed by atoms with E-state index in [0.29, 0.717) is 35.0 Å². The summed E-state index contributed by atoms with van der Waals surface area (Å²) in [6.45, 7) is 16.3. The minimum atomic E-state index is -0.184. The van der Waals surface area contributed by atoms with Crippen LogP contribution in [0.1, 0.15) is 119 Å². The molecule has 0 N–H and O–H groups in total. The van der Waals surface area contributed by atoms with E-state index in [1.807, 2.05) is 32.8 Å². The fraction of sp³-hybridized carbons (Fsp3) is 0.914. The third kappa shape index (κ3) is 7.59. The lowest BCUT2D eigenvalue weighted by Crippen LogP contribution is -2.51. The normalized spacial score (nSPS) is 37.1. The highest BCUT2D eigenvalue weighted by atomic mass is 32.1. The fourth-order valence-electron chi connectivity index (χ4n) is 9.83. The van der Waals surface area contributed by atoms with Crippen molar-refractivity contribution in [3.63, 3.8) is 0 Å². The molecule has 0 aromatic rings. The van der Waals surface area contributed by atoms with E-state index in [1.54, 1.807) is 5.57 Å². The summed E-state index contributed by atoms with van der Waals surface area (Å²) in [6.07, 6.45) is 15.7. The van der Waals surface area contributed by atoms with Crippen LogP contribution in [0.3, 0.4) is 0 Å². The molecule has 3 fully saturated rings. The molecule has 0 aromatic carbocycles. The third-order valence-electron chi connectivity index (χ3n) is 11.9. The van der Waals surface area contributed by atoms with E-state index in [0.717, 1.165) is 38.7 Å². The van der Waals surface area contributed by atoms with Crippen molar-refractivity contribution in [1.29, 1.82) is 0 Å². The maximum absolute atomic E-state index is 13.1. The van der Waals surface area contributed by atoms with Crippen molar-refractivity contribution in [3.8, 4) is 0 Å². The Hall–Kier alpha value is -0.210. The monoisotopic (exact) mass is 625 g/mol. The maximum Gasteiger partial charge on any atom is 0.323 e. The van der Waals surface area contributed by atoms with Gasteiger partial charge in [-0.1, -0.05) is 73.0 Å². The maximum atomic E-state index is 13.1. The minimum absolute atomic E-state index is 0.0123. The van der Waals surface area contributed by atoms with Gasteiger partial charge in [0.2, 0.25) is 0 Å². The number of hydrogen-bond acceptors (Lipinski definition) is 7. The zero-order valence-electron chi connectivity index (χ0n) is 28.2. The van der Waals surface area contributed by atoms with E-state index in [-0.39, 0.29) is 35.6 Å². The summed E-state index contributed by atoms with van der Waals surface area (Å²) in [4.78, 5) is 15.1. The number of carbonyl (C=O) groups excluding carboxylic acids is 1. The molecule has 7 heteroatoms. The van der Waals surface area contributed by atoms with Crippen LogP contribution in [-0.2, 0) is 17.9 Å². The molecule has 10 unspecified atom stereocenters. The summed E-state index contributed by atoms with van der Waals surface area (Å²) in [6, 6.07) is -0.184. The second-order valence-corrected chi connectivity index (χ2v) is 15.4. The van der Waals surface area contributed by atoms with E-state index in [4.69, 9.17) is 13.1 Å². The number of ether oxygens (including phenoxy) is 1. The Morgan fingerprint density at radius 1 is 1.07 bits per heavy atom. The number of unbranched alkanes of at least 4 members (excludes halogenated alkanes) is 1. The van der Waals surface area contributed by atoms with Gasteiger partial charge in [-0.3, -0.25) is 9.69 Å². The highest BCUT2D eigenvalue weighted by Crippen LogP contribution is 2.67. The molecule has 0 bridgehead atoms. The van der Waals surface area contributed by atoms with Crippen molar-refractivity contribution in [1.82, 2.24) is 4.90 Å². The van der Waals surface area contributed by atoms with Crippen molar-refractivity contribution < 1.29 is 17.9 Å². The van der Waals surface area contributed by atoms with Crippen LogP contribution in [0, 0.1) is 46.3 Å². The van der Waals surface area contributed by atoms with Crippen LogP contribution < -0.4 is 0 Å². The van der Waals surface area contributed by atoms with Crippen molar-refractivity contribution in [2.45, 2.75) is 137 Å². The quantitative estimate of drug-likeness (QED) is 0.0745. The first-order valence-electron chi connectivity index (χ1n) is 17.1. The molecule has 0 amide bonds. The Morgan fingerprint density at radius 2 is 1.79 bits per heavy atom. The lowest BCUT2D eigenvalue weighted by Gasteiger charge is -2.58. The first kappa shape index (κ1) is 36.3. The van der Waals surface area contributed by atoms with E-state index in [1.165, 1.54) is 38.5 Å². The molecule has 4 rings (SSSR count). The van der Waals surface area contributed by atoms with Gasteiger partial charge in [0, 0.05) is 6.42 Å². The zero-order chi connectivity index (χ0) is 31.2. The van der Waals surface area contributed by atoms with Gasteiger partial charge >= 0.3 is 5.97 Å². The van der Waals surface area contributed by atoms with Crippen LogP contribution in [0.25, 0.3) is 0 Å².